The van der Waals surface area contributed by atoms with Crippen LogP contribution in [0.15, 0.2) is 42.6 Å². The average Bonchev–Trinajstić information content (AvgIpc) is 3.51. The summed E-state index contributed by atoms with van der Waals surface area (Å²) in [6.45, 7) is 5.82. The van der Waals surface area contributed by atoms with Crippen LogP contribution in [0.3, 0.4) is 0 Å². The Balaban J connectivity index is 1.34. The van der Waals surface area contributed by atoms with Gasteiger partial charge in [-0.1, -0.05) is 6.07 Å². The minimum atomic E-state index is -0.425. The van der Waals surface area contributed by atoms with Crippen LogP contribution in [-0.4, -0.2) is 53.9 Å². The second-order valence-corrected chi connectivity index (χ2v) is 8.97. The molecule has 1 amide bonds. The Labute approximate surface area is 198 Å². The molecule has 0 spiro atoms. The maximum atomic E-state index is 13.7. The van der Waals surface area contributed by atoms with Gasteiger partial charge in [0.1, 0.15) is 30.5 Å². The summed E-state index contributed by atoms with van der Waals surface area (Å²) in [7, 11) is 0. The van der Waals surface area contributed by atoms with E-state index in [0.29, 0.717) is 35.8 Å². The summed E-state index contributed by atoms with van der Waals surface area (Å²) in [4.78, 5) is 15.6. The second-order valence-electron chi connectivity index (χ2n) is 8.97. The van der Waals surface area contributed by atoms with Gasteiger partial charge in [0.2, 0.25) is 5.91 Å². The van der Waals surface area contributed by atoms with Gasteiger partial charge in [0.05, 0.1) is 17.8 Å². The lowest BCUT2D eigenvalue weighted by Crippen LogP contribution is -2.33. The third kappa shape index (κ3) is 4.92. The van der Waals surface area contributed by atoms with Crippen molar-refractivity contribution >= 4 is 11.6 Å². The van der Waals surface area contributed by atoms with Crippen LogP contribution in [0.2, 0.25) is 0 Å². The molecule has 0 saturated carbocycles. The molecule has 1 aromatic heterocycles. The molecule has 2 aromatic carbocycles. The number of ether oxygens (including phenoxy) is 2. The van der Waals surface area contributed by atoms with Crippen molar-refractivity contribution in [1.29, 1.82) is 0 Å². The Kier molecular flexibility index (Phi) is 6.49. The predicted octanol–water partition coefficient (Wildman–Crippen LogP) is 4.19. The van der Waals surface area contributed by atoms with E-state index in [1.54, 1.807) is 12.3 Å². The SMILES string of the molecule is Cc1[nH]ncc1-c1ccc(OCCN2CCCC2)c(NC(=O)C2COc3ccc(F)cc3C2)c1. The van der Waals surface area contributed by atoms with Crippen LogP contribution in [0, 0.1) is 18.7 Å². The van der Waals surface area contributed by atoms with Gasteiger partial charge in [0.25, 0.3) is 0 Å². The molecule has 178 valence electrons. The molecule has 3 heterocycles. The zero-order chi connectivity index (χ0) is 23.5. The van der Waals surface area contributed by atoms with Crippen molar-refractivity contribution in [2.24, 2.45) is 5.92 Å². The number of anilines is 1. The Morgan fingerprint density at radius 3 is 2.91 bits per heavy atom. The van der Waals surface area contributed by atoms with Crippen molar-refractivity contribution in [3.05, 3.63) is 59.7 Å². The number of nitrogens with one attached hydrogen (secondary N) is 2. The highest BCUT2D eigenvalue weighted by Gasteiger charge is 2.27. The average molecular weight is 465 g/mol. The molecule has 2 aliphatic rings. The number of halogens is 1. The minimum absolute atomic E-state index is 0.180. The number of aryl methyl sites for hydroxylation is 1. The smallest absolute Gasteiger partial charge is 0.231 e. The first-order chi connectivity index (χ1) is 16.6. The minimum Gasteiger partial charge on any atom is -0.492 e. The van der Waals surface area contributed by atoms with Crippen molar-refractivity contribution in [1.82, 2.24) is 15.1 Å². The standard InChI is InChI=1S/C26H29FN4O3/c1-17-22(15-28-30-17)18-4-6-25(33-11-10-31-8-2-3-9-31)23(14-18)29-26(32)20-12-19-13-21(27)5-7-24(19)34-16-20/h4-7,13-15,20H,2-3,8-12,16H2,1H3,(H,28,30)(H,29,32). The third-order valence-corrected chi connectivity index (χ3v) is 6.54. The lowest BCUT2D eigenvalue weighted by Gasteiger charge is -2.25. The lowest BCUT2D eigenvalue weighted by molar-refractivity contribution is -0.121. The fourth-order valence-corrected chi connectivity index (χ4v) is 4.62. The number of likely N-dealkylation sites (tertiary alicyclic amines) is 1. The molecule has 2 aliphatic heterocycles. The zero-order valence-corrected chi connectivity index (χ0v) is 19.3. The van der Waals surface area contributed by atoms with Gasteiger partial charge in [-0.05, 0) is 80.7 Å². The van der Waals surface area contributed by atoms with Crippen LogP contribution in [0.1, 0.15) is 24.1 Å². The van der Waals surface area contributed by atoms with E-state index in [4.69, 9.17) is 9.47 Å². The molecule has 1 fully saturated rings. The molecule has 1 atom stereocenters. The molecule has 34 heavy (non-hydrogen) atoms. The third-order valence-electron chi connectivity index (χ3n) is 6.54. The Hall–Kier alpha value is -3.39. The van der Waals surface area contributed by atoms with Crippen molar-refractivity contribution < 1.29 is 18.7 Å². The molecule has 0 bridgehead atoms. The molecule has 2 N–H and O–H groups in total. The number of hydrogen-bond donors (Lipinski definition) is 2. The summed E-state index contributed by atoms with van der Waals surface area (Å²) in [5.41, 5.74) is 4.15. The topological polar surface area (TPSA) is 79.5 Å². The van der Waals surface area contributed by atoms with E-state index in [-0.39, 0.29) is 18.3 Å². The van der Waals surface area contributed by atoms with E-state index >= 15 is 0 Å². The maximum absolute atomic E-state index is 13.7. The molecule has 3 aromatic rings. The first-order valence-corrected chi connectivity index (χ1v) is 11.8. The first-order valence-electron chi connectivity index (χ1n) is 11.8. The largest absolute Gasteiger partial charge is 0.492 e. The van der Waals surface area contributed by atoms with Gasteiger partial charge in [-0.2, -0.15) is 5.10 Å². The van der Waals surface area contributed by atoms with E-state index in [9.17, 15) is 9.18 Å². The van der Waals surface area contributed by atoms with Crippen molar-refractivity contribution in [3.63, 3.8) is 0 Å². The predicted molar refractivity (Wildman–Crippen MR) is 128 cm³/mol. The number of fused-ring (bicyclic) bond motifs is 1. The Morgan fingerprint density at radius 2 is 2.12 bits per heavy atom. The number of hydrogen-bond acceptors (Lipinski definition) is 5. The maximum Gasteiger partial charge on any atom is 0.231 e. The van der Waals surface area contributed by atoms with Gasteiger partial charge in [-0.3, -0.25) is 14.8 Å². The van der Waals surface area contributed by atoms with Crippen molar-refractivity contribution in [2.75, 3.05) is 38.2 Å². The van der Waals surface area contributed by atoms with Gasteiger partial charge in [0, 0.05) is 17.8 Å². The Bertz CT molecular complexity index is 1170. The van der Waals surface area contributed by atoms with Crippen LogP contribution in [0.4, 0.5) is 10.1 Å². The molecule has 8 heteroatoms. The van der Waals surface area contributed by atoms with E-state index in [1.807, 2.05) is 25.1 Å². The van der Waals surface area contributed by atoms with Crippen LogP contribution in [-0.2, 0) is 11.2 Å². The summed E-state index contributed by atoms with van der Waals surface area (Å²) < 4.78 is 25.5. The van der Waals surface area contributed by atoms with Crippen LogP contribution >= 0.6 is 0 Å². The summed E-state index contributed by atoms with van der Waals surface area (Å²) >= 11 is 0. The molecular formula is C26H29FN4O3. The second kappa shape index (κ2) is 9.85. The molecule has 0 radical (unpaired) electrons. The summed E-state index contributed by atoms with van der Waals surface area (Å²) in [5.74, 6) is 0.321. The van der Waals surface area contributed by atoms with Crippen LogP contribution < -0.4 is 14.8 Å². The molecule has 1 saturated heterocycles. The van der Waals surface area contributed by atoms with E-state index in [2.05, 4.69) is 20.4 Å². The van der Waals surface area contributed by atoms with Gasteiger partial charge in [-0.25, -0.2) is 4.39 Å². The number of carbonyl (C=O) groups is 1. The van der Waals surface area contributed by atoms with Gasteiger partial charge in [0.15, 0.2) is 0 Å². The highest BCUT2D eigenvalue weighted by Crippen LogP contribution is 2.33. The van der Waals surface area contributed by atoms with E-state index in [1.165, 1.54) is 25.0 Å². The van der Waals surface area contributed by atoms with Crippen LogP contribution in [0.25, 0.3) is 11.1 Å². The summed E-state index contributed by atoms with van der Waals surface area (Å²) in [5, 5.41) is 10.1. The van der Waals surface area contributed by atoms with Gasteiger partial charge < -0.3 is 14.8 Å². The normalized spacial score (nSPS) is 17.8. The first kappa shape index (κ1) is 22.4. The number of amides is 1. The summed E-state index contributed by atoms with van der Waals surface area (Å²) in [6.07, 6.45) is 4.66. The summed E-state index contributed by atoms with van der Waals surface area (Å²) in [6, 6.07) is 10.2. The molecule has 1 unspecified atom stereocenters. The number of carbonyl (C=O) groups excluding carboxylic acids is 1. The molecule has 5 rings (SSSR count). The van der Waals surface area contributed by atoms with Crippen LogP contribution in [0.5, 0.6) is 11.5 Å². The molecule has 0 aliphatic carbocycles. The van der Waals surface area contributed by atoms with E-state index in [0.717, 1.165) is 36.5 Å². The monoisotopic (exact) mass is 464 g/mol. The fourth-order valence-electron chi connectivity index (χ4n) is 4.62. The van der Waals surface area contributed by atoms with E-state index < -0.39 is 5.92 Å². The van der Waals surface area contributed by atoms with Gasteiger partial charge >= 0.3 is 0 Å². The van der Waals surface area contributed by atoms with Gasteiger partial charge in [-0.15, -0.1) is 0 Å². The quantitative estimate of drug-likeness (QED) is 0.548. The number of H-pyrrole nitrogens is 1. The number of rotatable bonds is 7. The highest BCUT2D eigenvalue weighted by molar-refractivity contribution is 5.95. The number of nitrogens with zero attached hydrogens (tertiary/aromatic N) is 2. The van der Waals surface area contributed by atoms with Crippen molar-refractivity contribution in [3.8, 4) is 22.6 Å². The number of benzene rings is 2. The zero-order valence-electron chi connectivity index (χ0n) is 19.3. The molecule has 7 nitrogen and oxygen atoms in total. The lowest BCUT2D eigenvalue weighted by atomic mass is 9.95. The number of aromatic amines is 1. The highest BCUT2D eigenvalue weighted by atomic mass is 19.1. The molecular weight excluding hydrogens is 435 g/mol. The Morgan fingerprint density at radius 1 is 1.26 bits per heavy atom. The number of aromatic nitrogens is 2. The fraction of sp³-hybridized carbons (Fsp3) is 0.385. The van der Waals surface area contributed by atoms with Crippen molar-refractivity contribution in [2.45, 2.75) is 26.2 Å².